The summed E-state index contributed by atoms with van der Waals surface area (Å²) in [5.74, 6) is -0.677. The highest BCUT2D eigenvalue weighted by atomic mass is 35.5. The number of rotatable bonds is 2. The van der Waals surface area contributed by atoms with Crippen molar-refractivity contribution in [3.63, 3.8) is 0 Å². The van der Waals surface area contributed by atoms with Gasteiger partial charge in [-0.1, -0.05) is 0 Å². The van der Waals surface area contributed by atoms with Crippen LogP contribution in [0.25, 0.3) is 0 Å². The smallest absolute Gasteiger partial charge is 0.399 e. The fourth-order valence-corrected chi connectivity index (χ4v) is 3.23. The SMILES string of the molecule is CC1(C)OB(c2cc(F)cc(C(=O)N3CCC[C@@H](N)C3)c2)OC1(C)C.Cl. The molecule has 1 aromatic carbocycles. The molecule has 26 heavy (non-hydrogen) atoms. The average molecular weight is 385 g/mol. The second-order valence-corrected chi connectivity index (χ2v) is 8.01. The van der Waals surface area contributed by atoms with E-state index in [1.165, 1.54) is 12.1 Å². The first-order valence-electron chi connectivity index (χ1n) is 8.80. The fourth-order valence-electron chi connectivity index (χ4n) is 3.23. The van der Waals surface area contributed by atoms with E-state index in [0.29, 0.717) is 24.1 Å². The highest BCUT2D eigenvalue weighted by Crippen LogP contribution is 2.36. The zero-order valence-electron chi connectivity index (χ0n) is 15.8. The predicted octanol–water partition coefficient (Wildman–Crippen LogP) is 2.11. The van der Waals surface area contributed by atoms with Crippen LogP contribution in [0, 0.1) is 5.82 Å². The highest BCUT2D eigenvalue weighted by molar-refractivity contribution is 6.62. The van der Waals surface area contributed by atoms with Crippen LogP contribution in [0.5, 0.6) is 0 Å². The summed E-state index contributed by atoms with van der Waals surface area (Å²) in [5, 5.41) is 0. The third-order valence-electron chi connectivity index (χ3n) is 5.44. The van der Waals surface area contributed by atoms with Crippen LogP contribution >= 0.6 is 12.4 Å². The van der Waals surface area contributed by atoms with Crippen molar-refractivity contribution in [1.82, 2.24) is 4.90 Å². The zero-order valence-corrected chi connectivity index (χ0v) is 16.6. The van der Waals surface area contributed by atoms with E-state index in [-0.39, 0.29) is 24.4 Å². The molecule has 0 bridgehead atoms. The zero-order chi connectivity index (χ0) is 18.4. The number of likely N-dealkylation sites (tertiary alicyclic amines) is 1. The Labute approximate surface area is 160 Å². The van der Waals surface area contributed by atoms with Crippen molar-refractivity contribution in [2.75, 3.05) is 13.1 Å². The number of piperidine rings is 1. The maximum Gasteiger partial charge on any atom is 0.494 e. The molecule has 1 amide bonds. The Morgan fingerprint density at radius 2 is 1.85 bits per heavy atom. The lowest BCUT2D eigenvalue weighted by molar-refractivity contribution is 0.00578. The maximum atomic E-state index is 14.2. The normalized spacial score (nSPS) is 24.3. The number of nitrogens with two attached hydrogens (primary N) is 1. The summed E-state index contributed by atoms with van der Waals surface area (Å²) in [6.45, 7) is 8.90. The lowest BCUT2D eigenvalue weighted by Gasteiger charge is -2.32. The van der Waals surface area contributed by atoms with Crippen LogP contribution in [0.15, 0.2) is 18.2 Å². The molecule has 2 aliphatic heterocycles. The molecule has 2 heterocycles. The first-order chi connectivity index (χ1) is 11.6. The van der Waals surface area contributed by atoms with Crippen LogP contribution in [-0.2, 0) is 9.31 Å². The van der Waals surface area contributed by atoms with Gasteiger partial charge in [0.05, 0.1) is 11.2 Å². The molecular formula is C18H27BClFN2O3. The highest BCUT2D eigenvalue weighted by Gasteiger charge is 2.51. The summed E-state index contributed by atoms with van der Waals surface area (Å²) in [6.07, 6.45) is 1.78. The topological polar surface area (TPSA) is 64.8 Å². The summed E-state index contributed by atoms with van der Waals surface area (Å²) in [4.78, 5) is 14.4. The molecule has 0 spiro atoms. The first kappa shape index (κ1) is 21.2. The predicted molar refractivity (Wildman–Crippen MR) is 102 cm³/mol. The van der Waals surface area contributed by atoms with Crippen LogP contribution in [0.2, 0.25) is 0 Å². The Balaban J connectivity index is 0.00000243. The number of nitrogens with zero attached hydrogens (tertiary/aromatic N) is 1. The Morgan fingerprint density at radius 1 is 1.23 bits per heavy atom. The second kappa shape index (κ2) is 7.47. The molecule has 0 aromatic heterocycles. The lowest BCUT2D eigenvalue weighted by Crippen LogP contribution is -2.46. The Morgan fingerprint density at radius 3 is 2.42 bits per heavy atom. The van der Waals surface area contributed by atoms with Gasteiger partial charge in [0, 0.05) is 24.7 Å². The van der Waals surface area contributed by atoms with Gasteiger partial charge in [-0.3, -0.25) is 4.79 Å². The first-order valence-corrected chi connectivity index (χ1v) is 8.80. The standard InChI is InChI=1S/C18H26BFN2O3.ClH/c1-17(2)18(3,4)25-19(24-17)13-8-12(9-14(20)10-13)16(23)22-7-5-6-15(21)11-22;/h8-10,15H,5-7,11,21H2,1-4H3;1H/t15-;/m1./s1. The van der Waals surface area contributed by atoms with Crippen molar-refractivity contribution in [3.8, 4) is 0 Å². The van der Waals surface area contributed by atoms with Crippen LogP contribution in [0.1, 0.15) is 50.9 Å². The van der Waals surface area contributed by atoms with Crippen molar-refractivity contribution in [1.29, 1.82) is 0 Å². The van der Waals surface area contributed by atoms with E-state index < -0.39 is 24.1 Å². The molecule has 2 fully saturated rings. The Kier molecular flexibility index (Phi) is 6.08. The van der Waals surface area contributed by atoms with E-state index in [1.807, 2.05) is 27.7 Å². The van der Waals surface area contributed by atoms with Crippen molar-refractivity contribution >= 4 is 30.9 Å². The molecule has 0 unspecified atom stereocenters. The number of carbonyl (C=O) groups excluding carboxylic acids is 1. The quantitative estimate of drug-likeness (QED) is 0.793. The monoisotopic (exact) mass is 384 g/mol. The van der Waals surface area contributed by atoms with Crippen molar-refractivity contribution in [3.05, 3.63) is 29.6 Å². The molecule has 1 atom stereocenters. The van der Waals surface area contributed by atoms with Gasteiger partial charge in [0.25, 0.3) is 5.91 Å². The summed E-state index contributed by atoms with van der Waals surface area (Å²) in [5.41, 5.74) is 5.73. The van der Waals surface area contributed by atoms with Crippen molar-refractivity contribution < 1.29 is 18.5 Å². The second-order valence-electron chi connectivity index (χ2n) is 8.01. The number of hydrogen-bond acceptors (Lipinski definition) is 4. The van der Waals surface area contributed by atoms with E-state index in [4.69, 9.17) is 15.0 Å². The lowest BCUT2D eigenvalue weighted by atomic mass is 9.78. The average Bonchev–Trinajstić information content (AvgIpc) is 2.74. The van der Waals surface area contributed by atoms with Crippen LogP contribution in [-0.4, -0.2) is 48.3 Å². The van der Waals surface area contributed by atoms with Gasteiger partial charge in [0.15, 0.2) is 0 Å². The summed E-state index contributed by atoms with van der Waals surface area (Å²) < 4.78 is 26.1. The molecule has 1 aromatic rings. The van der Waals surface area contributed by atoms with E-state index in [0.717, 1.165) is 12.8 Å². The van der Waals surface area contributed by atoms with Crippen LogP contribution in [0.4, 0.5) is 4.39 Å². The van der Waals surface area contributed by atoms with Crippen molar-refractivity contribution in [2.24, 2.45) is 5.73 Å². The van der Waals surface area contributed by atoms with Gasteiger partial charge in [0.2, 0.25) is 0 Å². The molecule has 2 aliphatic rings. The minimum Gasteiger partial charge on any atom is -0.399 e. The van der Waals surface area contributed by atoms with Crippen LogP contribution in [0.3, 0.4) is 0 Å². The van der Waals surface area contributed by atoms with E-state index in [9.17, 15) is 9.18 Å². The van der Waals surface area contributed by atoms with Gasteiger partial charge < -0.3 is 19.9 Å². The summed E-state index contributed by atoms with van der Waals surface area (Å²) in [6, 6.07) is 4.26. The van der Waals surface area contributed by atoms with Gasteiger partial charge in [-0.05, 0) is 64.2 Å². The molecule has 2 saturated heterocycles. The van der Waals surface area contributed by atoms with Gasteiger partial charge in [-0.2, -0.15) is 0 Å². The maximum absolute atomic E-state index is 14.2. The summed E-state index contributed by atoms with van der Waals surface area (Å²) >= 11 is 0. The van der Waals surface area contributed by atoms with Crippen molar-refractivity contribution in [2.45, 2.75) is 57.8 Å². The minimum absolute atomic E-state index is 0. The molecule has 0 radical (unpaired) electrons. The Bertz CT molecular complexity index is 670. The third-order valence-corrected chi connectivity index (χ3v) is 5.44. The molecule has 5 nitrogen and oxygen atoms in total. The van der Waals surface area contributed by atoms with E-state index in [2.05, 4.69) is 0 Å². The van der Waals surface area contributed by atoms with Gasteiger partial charge in [0.1, 0.15) is 5.82 Å². The van der Waals surface area contributed by atoms with Crippen LogP contribution < -0.4 is 11.2 Å². The number of carbonyl (C=O) groups is 1. The third kappa shape index (κ3) is 4.06. The molecule has 2 N–H and O–H groups in total. The molecule has 144 valence electrons. The molecule has 8 heteroatoms. The number of amides is 1. The minimum atomic E-state index is -0.698. The number of benzene rings is 1. The van der Waals surface area contributed by atoms with E-state index >= 15 is 0 Å². The van der Waals surface area contributed by atoms with Gasteiger partial charge in [-0.15, -0.1) is 12.4 Å². The summed E-state index contributed by atoms with van der Waals surface area (Å²) in [7, 11) is -0.698. The van der Waals surface area contributed by atoms with Gasteiger partial charge in [-0.25, -0.2) is 4.39 Å². The molecule has 3 rings (SSSR count). The molecule has 0 aliphatic carbocycles. The fraction of sp³-hybridized carbons (Fsp3) is 0.611. The largest absolute Gasteiger partial charge is 0.494 e. The number of halogens is 2. The number of hydrogen-bond donors (Lipinski definition) is 1. The Hall–Kier alpha value is -1.15. The molecular weight excluding hydrogens is 357 g/mol. The van der Waals surface area contributed by atoms with Gasteiger partial charge >= 0.3 is 7.12 Å². The van der Waals surface area contributed by atoms with E-state index in [1.54, 1.807) is 11.0 Å². The molecule has 0 saturated carbocycles.